The quantitative estimate of drug-likeness (QED) is 0.619. The number of benzene rings is 2. The van der Waals surface area contributed by atoms with Crippen LogP contribution in [-0.4, -0.2) is 82.2 Å². The van der Waals surface area contributed by atoms with Gasteiger partial charge in [-0.25, -0.2) is 8.42 Å². The lowest BCUT2D eigenvalue weighted by Gasteiger charge is -2.35. The van der Waals surface area contributed by atoms with E-state index in [4.69, 9.17) is 4.74 Å². The van der Waals surface area contributed by atoms with E-state index in [1.807, 2.05) is 0 Å². The van der Waals surface area contributed by atoms with Gasteiger partial charge < -0.3 is 15.0 Å². The van der Waals surface area contributed by atoms with Gasteiger partial charge in [0.1, 0.15) is 5.75 Å². The van der Waals surface area contributed by atoms with Gasteiger partial charge in [-0.3, -0.25) is 14.5 Å². The maximum Gasteiger partial charge on any atom is 0.341 e. The van der Waals surface area contributed by atoms with E-state index in [0.29, 0.717) is 50.6 Å². The average molecular weight is 482 g/mol. The molecule has 0 atom stereocenters. The van der Waals surface area contributed by atoms with Crippen LogP contribution in [0.5, 0.6) is 5.75 Å². The largest absolute Gasteiger partial charge is 0.497 e. The number of hydrogen-bond donors (Lipinski definition) is 1. The number of hydrogen-bond acceptors (Lipinski definition) is 6. The van der Waals surface area contributed by atoms with E-state index in [0.717, 1.165) is 6.07 Å². The molecule has 1 saturated heterocycles. The molecule has 2 aromatic carbocycles. The normalized spacial score (nSPS) is 14.8. The fourth-order valence-electron chi connectivity index (χ4n) is 3.50. The van der Waals surface area contributed by atoms with E-state index in [1.165, 1.54) is 23.1 Å². The summed E-state index contributed by atoms with van der Waals surface area (Å²) in [6, 6.07) is 11.8. The lowest BCUT2D eigenvalue weighted by Crippen LogP contribution is -2.50. The first-order chi connectivity index (χ1) is 15.7. The molecule has 8 nitrogen and oxygen atoms in total. The maximum atomic E-state index is 13.0. The average Bonchev–Trinajstić information content (AvgIpc) is 2.84. The second-order valence-corrected chi connectivity index (χ2v) is 9.31. The van der Waals surface area contributed by atoms with Crippen LogP contribution < -0.4 is 10.1 Å². The zero-order chi connectivity index (χ0) is 24.0. The minimum atomic E-state index is -4.89. The van der Waals surface area contributed by atoms with Gasteiger partial charge in [-0.1, -0.05) is 12.1 Å². The molecule has 0 aromatic heterocycles. The molecule has 2 amide bonds. The Kier molecular flexibility index (Phi) is 7.98. The van der Waals surface area contributed by atoms with Crippen molar-refractivity contribution in [3.63, 3.8) is 0 Å². The fourth-order valence-corrected chi connectivity index (χ4v) is 4.43. The zero-order valence-electron chi connectivity index (χ0n) is 18.0. The molecule has 33 heavy (non-hydrogen) atoms. The Bertz CT molecular complexity index is 1090. The molecule has 11 heteroatoms. The van der Waals surface area contributed by atoms with Crippen molar-refractivity contribution >= 4 is 21.7 Å². The summed E-state index contributed by atoms with van der Waals surface area (Å²) in [5.74, 6) is -3.74. The van der Waals surface area contributed by atoms with Crippen molar-refractivity contribution in [2.75, 3.05) is 46.4 Å². The first-order valence-electron chi connectivity index (χ1n) is 10.3. The molecule has 1 aliphatic heterocycles. The number of halogens is 2. The highest BCUT2D eigenvalue weighted by molar-refractivity contribution is 7.91. The Morgan fingerprint density at radius 2 is 1.67 bits per heavy atom. The topological polar surface area (TPSA) is 96.0 Å². The molecule has 0 bridgehead atoms. The Labute approximate surface area is 191 Å². The predicted octanol–water partition coefficient (Wildman–Crippen LogP) is 1.88. The van der Waals surface area contributed by atoms with Gasteiger partial charge in [-0.15, -0.1) is 0 Å². The van der Waals surface area contributed by atoms with Crippen molar-refractivity contribution in [1.29, 1.82) is 0 Å². The molecule has 0 radical (unpaired) electrons. The summed E-state index contributed by atoms with van der Waals surface area (Å²) in [5, 5.41) is 2.84. The third kappa shape index (κ3) is 5.85. The minimum Gasteiger partial charge on any atom is -0.497 e. The summed E-state index contributed by atoms with van der Waals surface area (Å²) >= 11 is 0. The Morgan fingerprint density at radius 1 is 1.03 bits per heavy atom. The number of amides is 2. The second kappa shape index (κ2) is 10.7. The molecule has 1 fully saturated rings. The Hall–Kier alpha value is -3.05. The van der Waals surface area contributed by atoms with E-state index in [2.05, 4.69) is 10.2 Å². The minimum absolute atomic E-state index is 0.205. The molecular formula is C22H25F2N3O5S. The zero-order valence-corrected chi connectivity index (χ0v) is 18.9. The van der Waals surface area contributed by atoms with E-state index in [-0.39, 0.29) is 11.5 Å². The van der Waals surface area contributed by atoms with E-state index >= 15 is 0 Å². The van der Waals surface area contributed by atoms with Gasteiger partial charge in [0.25, 0.3) is 11.8 Å². The lowest BCUT2D eigenvalue weighted by molar-refractivity contribution is 0.0634. The Morgan fingerprint density at radius 3 is 2.27 bits per heavy atom. The van der Waals surface area contributed by atoms with E-state index in [1.54, 1.807) is 31.4 Å². The summed E-state index contributed by atoms with van der Waals surface area (Å²) in [6.07, 6.45) is 0. The highest BCUT2D eigenvalue weighted by Gasteiger charge is 2.32. The smallest absolute Gasteiger partial charge is 0.341 e. The third-order valence-electron chi connectivity index (χ3n) is 5.38. The van der Waals surface area contributed by atoms with Crippen LogP contribution in [0.2, 0.25) is 0 Å². The first kappa shape index (κ1) is 24.6. The number of nitrogens with one attached hydrogen (secondary N) is 1. The van der Waals surface area contributed by atoms with Gasteiger partial charge in [-0.05, 0) is 36.4 Å². The SMILES string of the molecule is COc1ccc(C(=O)NCCN2CCN(C(=O)c3ccccc3S(=O)(=O)C(F)F)CC2)cc1. The fraction of sp³-hybridized carbons (Fsp3) is 0.364. The van der Waals surface area contributed by atoms with Crippen LogP contribution in [0, 0.1) is 0 Å². The number of rotatable bonds is 8. The number of piperazine rings is 1. The van der Waals surface area contributed by atoms with Crippen molar-refractivity contribution in [3.8, 4) is 5.75 Å². The molecule has 2 aromatic rings. The van der Waals surface area contributed by atoms with Crippen molar-refractivity contribution in [1.82, 2.24) is 15.1 Å². The maximum absolute atomic E-state index is 13.0. The molecule has 1 heterocycles. The van der Waals surface area contributed by atoms with Crippen LogP contribution >= 0.6 is 0 Å². The Balaban J connectivity index is 1.51. The number of carbonyl (C=O) groups is 2. The van der Waals surface area contributed by atoms with Gasteiger partial charge in [0, 0.05) is 44.8 Å². The van der Waals surface area contributed by atoms with Crippen molar-refractivity contribution < 1.29 is 31.5 Å². The molecule has 1 aliphatic rings. The number of sulfone groups is 1. The second-order valence-electron chi connectivity index (χ2n) is 7.42. The summed E-state index contributed by atoms with van der Waals surface area (Å²) in [5.41, 5.74) is 0.265. The summed E-state index contributed by atoms with van der Waals surface area (Å²) in [7, 11) is -3.34. The number of ether oxygens (including phenoxy) is 1. The number of carbonyl (C=O) groups excluding carboxylic acids is 2. The number of methoxy groups -OCH3 is 1. The highest BCUT2D eigenvalue weighted by atomic mass is 32.2. The number of alkyl halides is 2. The van der Waals surface area contributed by atoms with Gasteiger partial charge in [0.05, 0.1) is 17.6 Å². The van der Waals surface area contributed by atoms with Crippen LogP contribution in [0.3, 0.4) is 0 Å². The van der Waals surface area contributed by atoms with Crippen LogP contribution in [0.1, 0.15) is 20.7 Å². The van der Waals surface area contributed by atoms with Gasteiger partial charge >= 0.3 is 5.76 Å². The third-order valence-corrected chi connectivity index (χ3v) is 6.82. The molecule has 178 valence electrons. The molecule has 0 spiro atoms. The molecule has 0 unspecified atom stereocenters. The lowest BCUT2D eigenvalue weighted by atomic mass is 10.2. The standard InChI is InChI=1S/C22H25F2N3O5S/c1-32-17-8-6-16(7-9-17)20(28)25-10-11-26-12-14-27(15-13-26)21(29)18-4-2-3-5-19(18)33(30,31)22(23)24/h2-9,22H,10-15H2,1H3,(H,25,28). The van der Waals surface area contributed by atoms with Gasteiger partial charge in [0.2, 0.25) is 9.84 Å². The van der Waals surface area contributed by atoms with Gasteiger partial charge in [-0.2, -0.15) is 8.78 Å². The molecule has 3 rings (SSSR count). The van der Waals surface area contributed by atoms with Crippen molar-refractivity contribution in [2.45, 2.75) is 10.7 Å². The predicted molar refractivity (Wildman–Crippen MR) is 117 cm³/mol. The molecule has 0 aliphatic carbocycles. The van der Waals surface area contributed by atoms with Gasteiger partial charge in [0.15, 0.2) is 0 Å². The molecule has 1 N–H and O–H groups in total. The van der Waals surface area contributed by atoms with Crippen LogP contribution in [0.4, 0.5) is 8.78 Å². The van der Waals surface area contributed by atoms with Crippen LogP contribution in [-0.2, 0) is 9.84 Å². The van der Waals surface area contributed by atoms with E-state index < -0.39 is 26.4 Å². The number of nitrogens with zero attached hydrogens (tertiary/aromatic N) is 2. The first-order valence-corrected chi connectivity index (χ1v) is 11.8. The summed E-state index contributed by atoms with van der Waals surface area (Å²) in [4.78, 5) is 27.9. The molecule has 0 saturated carbocycles. The van der Waals surface area contributed by atoms with E-state index in [9.17, 15) is 26.8 Å². The van der Waals surface area contributed by atoms with Crippen molar-refractivity contribution in [2.24, 2.45) is 0 Å². The highest BCUT2D eigenvalue weighted by Crippen LogP contribution is 2.24. The van der Waals surface area contributed by atoms with Crippen molar-refractivity contribution in [3.05, 3.63) is 59.7 Å². The summed E-state index contributed by atoms with van der Waals surface area (Å²) in [6.45, 7) is 2.62. The summed E-state index contributed by atoms with van der Waals surface area (Å²) < 4.78 is 54.9. The molecular weight excluding hydrogens is 456 g/mol. The van der Waals surface area contributed by atoms with Crippen LogP contribution in [0.25, 0.3) is 0 Å². The van der Waals surface area contributed by atoms with Crippen LogP contribution in [0.15, 0.2) is 53.4 Å². The monoisotopic (exact) mass is 481 g/mol.